The van der Waals surface area contributed by atoms with E-state index < -0.39 is 0 Å². The molecule has 0 atom stereocenters. The van der Waals surface area contributed by atoms with Gasteiger partial charge >= 0.3 is 0 Å². The first-order valence-electron chi connectivity index (χ1n) is 6.32. The molecule has 4 heteroatoms. The molecule has 0 radical (unpaired) electrons. The Hall–Kier alpha value is -1.87. The molecular weight excluding hydrogens is 279 g/mol. The smallest absolute Gasteiger partial charge is 0.197 e. The monoisotopic (exact) mass is 290 g/mol. The van der Waals surface area contributed by atoms with Crippen LogP contribution in [-0.4, -0.2) is 12.4 Å². The van der Waals surface area contributed by atoms with Gasteiger partial charge in [-0.3, -0.25) is 4.79 Å². The number of hydrogen-bond acceptors (Lipinski definition) is 2. The van der Waals surface area contributed by atoms with Gasteiger partial charge in [-0.15, -0.1) is 0 Å². The minimum atomic E-state index is -0.355. The molecule has 102 valence electrons. The maximum absolute atomic E-state index is 13.1. The third-order valence-corrected chi connectivity index (χ3v) is 3.64. The van der Waals surface area contributed by atoms with Gasteiger partial charge in [0, 0.05) is 17.0 Å². The molecule has 0 amide bonds. The molecular formula is C16H12ClFO2. The third-order valence-electron chi connectivity index (χ3n) is 3.43. The van der Waals surface area contributed by atoms with E-state index in [2.05, 4.69) is 0 Å². The molecule has 0 fully saturated rings. The van der Waals surface area contributed by atoms with Gasteiger partial charge in [-0.05, 0) is 48.4 Å². The predicted octanol–water partition coefficient (Wildman–Crippen LogP) is 3.95. The van der Waals surface area contributed by atoms with Crippen molar-refractivity contribution in [3.63, 3.8) is 0 Å². The van der Waals surface area contributed by atoms with Crippen LogP contribution < -0.4 is 4.74 Å². The molecule has 0 aliphatic carbocycles. The van der Waals surface area contributed by atoms with Crippen LogP contribution in [0, 0.1) is 12.7 Å². The van der Waals surface area contributed by atoms with Gasteiger partial charge in [-0.2, -0.15) is 0 Å². The van der Waals surface area contributed by atoms with Crippen LogP contribution in [0.1, 0.15) is 27.0 Å². The van der Waals surface area contributed by atoms with E-state index in [9.17, 15) is 9.18 Å². The summed E-state index contributed by atoms with van der Waals surface area (Å²) in [4.78, 5) is 12.6. The van der Waals surface area contributed by atoms with Crippen molar-refractivity contribution in [1.29, 1.82) is 0 Å². The molecule has 0 saturated carbocycles. The van der Waals surface area contributed by atoms with Crippen LogP contribution in [0.4, 0.5) is 4.39 Å². The van der Waals surface area contributed by atoms with Crippen molar-refractivity contribution < 1.29 is 13.9 Å². The fraction of sp³-hybridized carbons (Fsp3) is 0.188. The SMILES string of the molecule is Cc1cc(F)ccc1C(=O)c1cc(Cl)cc2c1OCC2. The lowest BCUT2D eigenvalue weighted by Crippen LogP contribution is -2.06. The summed E-state index contributed by atoms with van der Waals surface area (Å²) in [6, 6.07) is 7.55. The topological polar surface area (TPSA) is 26.3 Å². The van der Waals surface area contributed by atoms with Crippen molar-refractivity contribution in [2.24, 2.45) is 0 Å². The highest BCUT2D eigenvalue weighted by Crippen LogP contribution is 2.34. The van der Waals surface area contributed by atoms with Gasteiger partial charge in [0.1, 0.15) is 11.6 Å². The second kappa shape index (κ2) is 4.91. The van der Waals surface area contributed by atoms with Crippen molar-refractivity contribution in [1.82, 2.24) is 0 Å². The highest BCUT2D eigenvalue weighted by molar-refractivity contribution is 6.31. The molecule has 1 heterocycles. The van der Waals surface area contributed by atoms with E-state index in [1.165, 1.54) is 18.2 Å². The minimum absolute atomic E-state index is 0.192. The zero-order valence-corrected chi connectivity index (χ0v) is 11.6. The number of ketones is 1. The fourth-order valence-corrected chi connectivity index (χ4v) is 2.71. The number of rotatable bonds is 2. The van der Waals surface area contributed by atoms with E-state index in [0.717, 1.165) is 12.0 Å². The number of hydrogen-bond donors (Lipinski definition) is 0. The van der Waals surface area contributed by atoms with E-state index in [1.54, 1.807) is 13.0 Å². The van der Waals surface area contributed by atoms with Crippen molar-refractivity contribution in [2.45, 2.75) is 13.3 Å². The van der Waals surface area contributed by atoms with Gasteiger partial charge in [0.25, 0.3) is 0 Å². The summed E-state index contributed by atoms with van der Waals surface area (Å²) in [5, 5.41) is 0.511. The molecule has 0 N–H and O–H groups in total. The van der Waals surface area contributed by atoms with Gasteiger partial charge in [0.15, 0.2) is 5.78 Å². The normalized spacial score (nSPS) is 12.9. The zero-order valence-electron chi connectivity index (χ0n) is 10.9. The maximum atomic E-state index is 13.1. The highest BCUT2D eigenvalue weighted by Gasteiger charge is 2.23. The lowest BCUT2D eigenvalue weighted by atomic mass is 9.96. The van der Waals surface area contributed by atoms with Crippen molar-refractivity contribution in [3.05, 3.63) is 63.4 Å². The quantitative estimate of drug-likeness (QED) is 0.783. The van der Waals surface area contributed by atoms with Crippen molar-refractivity contribution in [3.8, 4) is 5.75 Å². The average Bonchev–Trinajstić information content (AvgIpc) is 2.85. The molecule has 2 aromatic rings. The molecule has 0 aromatic heterocycles. The number of benzene rings is 2. The molecule has 20 heavy (non-hydrogen) atoms. The third kappa shape index (κ3) is 2.18. The number of halogens is 2. The van der Waals surface area contributed by atoms with Crippen molar-refractivity contribution in [2.75, 3.05) is 6.61 Å². The largest absolute Gasteiger partial charge is 0.492 e. The van der Waals surface area contributed by atoms with Gasteiger partial charge in [0.2, 0.25) is 0 Å². The van der Waals surface area contributed by atoms with Crippen LogP contribution in [0.3, 0.4) is 0 Å². The standard InChI is InChI=1S/C16H12ClFO2/c1-9-6-12(18)2-3-13(9)15(19)14-8-11(17)7-10-4-5-20-16(10)14/h2-3,6-8H,4-5H2,1H3. The molecule has 1 aliphatic heterocycles. The summed E-state index contributed by atoms with van der Waals surface area (Å²) in [5.74, 6) is 0.0536. The maximum Gasteiger partial charge on any atom is 0.197 e. The Morgan fingerprint density at radius 1 is 1.25 bits per heavy atom. The minimum Gasteiger partial charge on any atom is -0.492 e. The number of ether oxygens (including phenoxy) is 1. The molecule has 2 nitrogen and oxygen atoms in total. The predicted molar refractivity (Wildman–Crippen MR) is 75.2 cm³/mol. The summed E-state index contributed by atoms with van der Waals surface area (Å²) < 4.78 is 18.7. The van der Waals surface area contributed by atoms with Crippen LogP contribution in [0.15, 0.2) is 30.3 Å². The van der Waals surface area contributed by atoms with E-state index in [-0.39, 0.29) is 11.6 Å². The molecule has 2 aromatic carbocycles. The second-order valence-electron chi connectivity index (χ2n) is 4.83. The summed E-state index contributed by atoms with van der Waals surface area (Å²) in [6.45, 7) is 2.26. The molecule has 0 spiro atoms. The van der Waals surface area contributed by atoms with Crippen LogP contribution in [0.2, 0.25) is 5.02 Å². The van der Waals surface area contributed by atoms with Gasteiger partial charge < -0.3 is 4.74 Å². The van der Waals surface area contributed by atoms with Crippen LogP contribution >= 0.6 is 11.6 Å². The van der Waals surface area contributed by atoms with Crippen molar-refractivity contribution >= 4 is 17.4 Å². The Kier molecular flexibility index (Phi) is 3.22. The van der Waals surface area contributed by atoms with Crippen LogP contribution in [0.5, 0.6) is 5.75 Å². The Bertz CT molecular complexity index is 710. The Labute approximate surface area is 121 Å². The van der Waals surface area contributed by atoms with E-state index in [0.29, 0.717) is 34.1 Å². The summed E-state index contributed by atoms with van der Waals surface area (Å²) in [5.41, 5.74) is 2.45. The van der Waals surface area contributed by atoms with Crippen LogP contribution in [0.25, 0.3) is 0 Å². The molecule has 0 unspecified atom stereocenters. The molecule has 3 rings (SSSR count). The molecule has 0 saturated heterocycles. The molecule has 1 aliphatic rings. The Balaban J connectivity index is 2.11. The first kappa shape index (κ1) is 13.1. The Morgan fingerprint density at radius 2 is 2.05 bits per heavy atom. The van der Waals surface area contributed by atoms with Gasteiger partial charge in [-0.1, -0.05) is 11.6 Å². The highest BCUT2D eigenvalue weighted by atomic mass is 35.5. The van der Waals surface area contributed by atoms with E-state index in [1.807, 2.05) is 6.07 Å². The van der Waals surface area contributed by atoms with Gasteiger partial charge in [-0.25, -0.2) is 4.39 Å². The summed E-state index contributed by atoms with van der Waals surface area (Å²) >= 11 is 6.06. The van der Waals surface area contributed by atoms with Gasteiger partial charge in [0.05, 0.1) is 12.2 Å². The van der Waals surface area contributed by atoms with Crippen LogP contribution in [-0.2, 0) is 6.42 Å². The Morgan fingerprint density at radius 3 is 2.80 bits per heavy atom. The lowest BCUT2D eigenvalue weighted by Gasteiger charge is -2.10. The number of aryl methyl sites for hydroxylation is 1. The zero-order chi connectivity index (χ0) is 14.3. The van der Waals surface area contributed by atoms with E-state index in [4.69, 9.17) is 16.3 Å². The first-order chi connectivity index (χ1) is 9.56. The van der Waals surface area contributed by atoms with E-state index >= 15 is 0 Å². The first-order valence-corrected chi connectivity index (χ1v) is 6.70. The average molecular weight is 291 g/mol. The fourth-order valence-electron chi connectivity index (χ4n) is 2.46. The lowest BCUT2D eigenvalue weighted by molar-refractivity contribution is 0.103. The summed E-state index contributed by atoms with van der Waals surface area (Å²) in [7, 11) is 0. The number of carbonyl (C=O) groups is 1. The summed E-state index contributed by atoms with van der Waals surface area (Å²) in [6.07, 6.45) is 0.749. The second-order valence-corrected chi connectivity index (χ2v) is 5.26. The number of fused-ring (bicyclic) bond motifs is 1. The molecule has 0 bridgehead atoms. The number of carbonyl (C=O) groups excluding carboxylic acids is 1.